The van der Waals surface area contributed by atoms with Crippen LogP contribution < -0.4 is 0 Å². The zero-order valence-corrected chi connectivity index (χ0v) is 12.8. The average molecular weight is 283 g/mol. The van der Waals surface area contributed by atoms with Crippen molar-refractivity contribution in [2.24, 2.45) is 0 Å². The molecule has 0 aromatic heterocycles. The highest BCUT2D eigenvalue weighted by atomic mass is 16.4. The van der Waals surface area contributed by atoms with Crippen LogP contribution in [0.1, 0.15) is 64.7 Å². The first-order valence-corrected chi connectivity index (χ1v) is 7.75. The lowest BCUT2D eigenvalue weighted by atomic mass is 10.1. The van der Waals surface area contributed by atoms with E-state index >= 15 is 0 Å². The number of hydrogen-bond acceptors (Lipinski definition) is 2. The molecule has 0 atom stereocenters. The predicted molar refractivity (Wildman–Crippen MR) is 81.6 cm³/mol. The first-order chi connectivity index (χ1) is 9.61. The van der Waals surface area contributed by atoms with Gasteiger partial charge in [0.15, 0.2) is 0 Å². The monoisotopic (exact) mass is 283 g/mol. The molecule has 0 aromatic rings. The molecule has 4 heteroatoms. The number of carbonyl (C=O) groups is 2. The number of aliphatic carboxylic acids is 1. The molecule has 0 heterocycles. The second-order valence-electron chi connectivity index (χ2n) is 5.19. The van der Waals surface area contributed by atoms with Gasteiger partial charge in [0.2, 0.25) is 5.91 Å². The van der Waals surface area contributed by atoms with Gasteiger partial charge in [0.05, 0.1) is 0 Å². The van der Waals surface area contributed by atoms with Crippen LogP contribution in [0.3, 0.4) is 0 Å². The predicted octanol–water partition coefficient (Wildman–Crippen LogP) is 3.62. The van der Waals surface area contributed by atoms with Crippen LogP contribution in [0.5, 0.6) is 0 Å². The zero-order chi connectivity index (χ0) is 15.2. The molecule has 0 saturated heterocycles. The third-order valence-corrected chi connectivity index (χ3v) is 3.34. The van der Waals surface area contributed by atoms with Crippen LogP contribution in [0.25, 0.3) is 0 Å². The summed E-state index contributed by atoms with van der Waals surface area (Å²) in [5, 5.41) is 8.74. The third-order valence-electron chi connectivity index (χ3n) is 3.34. The van der Waals surface area contributed by atoms with Gasteiger partial charge in [0.25, 0.3) is 0 Å². The van der Waals surface area contributed by atoms with Crippen molar-refractivity contribution < 1.29 is 14.7 Å². The molecule has 0 radical (unpaired) electrons. The normalized spacial score (nSPS) is 10.2. The highest BCUT2D eigenvalue weighted by molar-refractivity contribution is 5.89. The van der Waals surface area contributed by atoms with Crippen LogP contribution in [0.4, 0.5) is 0 Å². The topological polar surface area (TPSA) is 57.6 Å². The molecular weight excluding hydrogens is 254 g/mol. The van der Waals surface area contributed by atoms with E-state index in [9.17, 15) is 9.59 Å². The third kappa shape index (κ3) is 10.6. The fourth-order valence-corrected chi connectivity index (χ4v) is 2.17. The molecule has 1 N–H and O–H groups in total. The lowest BCUT2D eigenvalue weighted by Crippen LogP contribution is -2.35. The summed E-state index contributed by atoms with van der Waals surface area (Å²) in [5.74, 6) is -1.27. The Balaban J connectivity index is 3.61. The number of unbranched alkanes of at least 4 members (excludes halogenated alkanes) is 8. The zero-order valence-electron chi connectivity index (χ0n) is 12.8. The lowest BCUT2D eigenvalue weighted by Gasteiger charge is -2.18. The van der Waals surface area contributed by atoms with E-state index in [0.717, 1.165) is 19.3 Å². The van der Waals surface area contributed by atoms with Gasteiger partial charge in [-0.25, -0.2) is 0 Å². The highest BCUT2D eigenvalue weighted by Gasteiger charge is 2.12. The molecular formula is C16H29NO3. The molecule has 0 aromatic carbocycles. The summed E-state index contributed by atoms with van der Waals surface area (Å²) in [6, 6.07) is 0. The molecule has 116 valence electrons. The van der Waals surface area contributed by atoms with Crippen molar-refractivity contribution in [2.45, 2.75) is 64.7 Å². The minimum absolute atomic E-state index is 0.234. The molecule has 0 aliphatic rings. The minimum atomic E-state index is -0.976. The van der Waals surface area contributed by atoms with Gasteiger partial charge in [0, 0.05) is 6.54 Å². The van der Waals surface area contributed by atoms with Crippen molar-refractivity contribution in [1.82, 2.24) is 4.90 Å². The number of carboxylic acid groups (broad SMARTS) is 1. The summed E-state index contributed by atoms with van der Waals surface area (Å²) in [7, 11) is 0. The summed E-state index contributed by atoms with van der Waals surface area (Å²) in [6.07, 6.45) is 12.0. The molecule has 0 fully saturated rings. The smallest absolute Gasteiger partial charge is 0.323 e. The number of amides is 1. The fourth-order valence-electron chi connectivity index (χ4n) is 2.17. The van der Waals surface area contributed by atoms with E-state index in [0.29, 0.717) is 6.54 Å². The second-order valence-corrected chi connectivity index (χ2v) is 5.19. The SMILES string of the molecule is C=CC(=O)N(CCCCCCCCCCC)CC(=O)O. The van der Waals surface area contributed by atoms with Crippen molar-refractivity contribution in [2.75, 3.05) is 13.1 Å². The van der Waals surface area contributed by atoms with Gasteiger partial charge in [-0.05, 0) is 12.5 Å². The van der Waals surface area contributed by atoms with Crippen molar-refractivity contribution in [3.8, 4) is 0 Å². The van der Waals surface area contributed by atoms with Crippen LogP contribution in [0.15, 0.2) is 12.7 Å². The maximum absolute atomic E-state index is 11.5. The van der Waals surface area contributed by atoms with Crippen molar-refractivity contribution >= 4 is 11.9 Å². The van der Waals surface area contributed by atoms with E-state index in [4.69, 9.17) is 5.11 Å². The van der Waals surface area contributed by atoms with Crippen LogP contribution in [0.2, 0.25) is 0 Å². The summed E-state index contributed by atoms with van der Waals surface area (Å²) < 4.78 is 0. The summed E-state index contributed by atoms with van der Waals surface area (Å²) in [6.45, 7) is 5.89. The standard InChI is InChI=1S/C16H29NO3/c1-3-5-6-7-8-9-10-11-12-13-17(14-16(19)20)15(18)4-2/h4H,2-3,5-14H2,1H3,(H,19,20). The molecule has 1 amide bonds. The van der Waals surface area contributed by atoms with Crippen LogP contribution in [0, 0.1) is 0 Å². The molecule has 20 heavy (non-hydrogen) atoms. The van der Waals surface area contributed by atoms with Crippen molar-refractivity contribution in [1.29, 1.82) is 0 Å². The van der Waals surface area contributed by atoms with Gasteiger partial charge in [-0.1, -0.05) is 64.9 Å². The summed E-state index contributed by atoms with van der Waals surface area (Å²) >= 11 is 0. The Kier molecular flexibility index (Phi) is 11.9. The number of carbonyl (C=O) groups excluding carboxylic acids is 1. The maximum atomic E-state index is 11.5. The van der Waals surface area contributed by atoms with Gasteiger partial charge in [-0.3, -0.25) is 9.59 Å². The first-order valence-electron chi connectivity index (χ1n) is 7.75. The Morgan fingerprint density at radius 1 is 1.00 bits per heavy atom. The quantitative estimate of drug-likeness (QED) is 0.415. The lowest BCUT2D eigenvalue weighted by molar-refractivity contribution is -0.142. The van der Waals surface area contributed by atoms with E-state index in [-0.39, 0.29) is 12.5 Å². The molecule has 4 nitrogen and oxygen atoms in total. The summed E-state index contributed by atoms with van der Waals surface area (Å²) in [5.41, 5.74) is 0. The average Bonchev–Trinajstić information content (AvgIpc) is 2.43. The molecule has 0 unspecified atom stereocenters. The summed E-state index contributed by atoms with van der Waals surface area (Å²) in [4.78, 5) is 23.5. The van der Waals surface area contributed by atoms with Crippen LogP contribution >= 0.6 is 0 Å². The molecule has 0 aliphatic carbocycles. The molecule has 0 saturated carbocycles. The first kappa shape index (κ1) is 18.7. The van der Waals surface area contributed by atoms with Crippen LogP contribution in [-0.4, -0.2) is 35.0 Å². The minimum Gasteiger partial charge on any atom is -0.480 e. The van der Waals surface area contributed by atoms with Gasteiger partial charge in [-0.15, -0.1) is 0 Å². The van der Waals surface area contributed by atoms with Gasteiger partial charge in [0.1, 0.15) is 6.54 Å². The highest BCUT2D eigenvalue weighted by Crippen LogP contribution is 2.10. The van der Waals surface area contributed by atoms with Gasteiger partial charge < -0.3 is 10.0 Å². The van der Waals surface area contributed by atoms with E-state index in [1.54, 1.807) is 0 Å². The van der Waals surface area contributed by atoms with E-state index in [1.165, 1.54) is 49.5 Å². The van der Waals surface area contributed by atoms with Crippen molar-refractivity contribution in [3.63, 3.8) is 0 Å². The van der Waals surface area contributed by atoms with Gasteiger partial charge >= 0.3 is 5.97 Å². The molecule has 0 aliphatic heterocycles. The Bertz CT molecular complexity index is 289. The molecule has 0 bridgehead atoms. The molecule has 0 rings (SSSR count). The second kappa shape index (κ2) is 12.7. The largest absolute Gasteiger partial charge is 0.480 e. The Hall–Kier alpha value is -1.32. The maximum Gasteiger partial charge on any atom is 0.323 e. The Morgan fingerprint density at radius 2 is 1.50 bits per heavy atom. The van der Waals surface area contributed by atoms with Crippen LogP contribution in [-0.2, 0) is 9.59 Å². The Morgan fingerprint density at radius 3 is 1.95 bits per heavy atom. The van der Waals surface area contributed by atoms with E-state index in [1.807, 2.05) is 0 Å². The molecule has 0 spiro atoms. The number of carboxylic acids is 1. The van der Waals surface area contributed by atoms with Crippen molar-refractivity contribution in [3.05, 3.63) is 12.7 Å². The Labute approximate surface area is 122 Å². The number of hydrogen-bond donors (Lipinski definition) is 1. The number of nitrogens with zero attached hydrogens (tertiary/aromatic N) is 1. The van der Waals surface area contributed by atoms with E-state index < -0.39 is 5.97 Å². The van der Waals surface area contributed by atoms with Gasteiger partial charge in [-0.2, -0.15) is 0 Å². The number of rotatable bonds is 13. The van der Waals surface area contributed by atoms with E-state index in [2.05, 4.69) is 13.5 Å². The fraction of sp³-hybridized carbons (Fsp3) is 0.750.